The molecule has 1 aromatic heterocycles. The highest BCUT2D eigenvalue weighted by Crippen LogP contribution is 2.09. The summed E-state index contributed by atoms with van der Waals surface area (Å²) in [6.07, 6.45) is 0. The summed E-state index contributed by atoms with van der Waals surface area (Å²) in [4.78, 5) is 42.7. The van der Waals surface area contributed by atoms with Gasteiger partial charge in [0.15, 0.2) is 0 Å². The minimum atomic E-state index is -0.266. The molecule has 2 amide bonds. The Morgan fingerprint density at radius 2 is 0.947 bits per heavy atom. The van der Waals surface area contributed by atoms with Crippen molar-refractivity contribution >= 4 is 11.8 Å². The fraction of sp³-hybridized carbons (Fsp3) is 0.333. The van der Waals surface area contributed by atoms with E-state index in [1.54, 1.807) is 27.7 Å². The Labute approximate surface area is 108 Å². The average Bonchev–Trinajstić information content (AvgIpc) is 2.59. The number of hydrogen-bond donors (Lipinski definition) is 3. The fourth-order valence-electron chi connectivity index (χ4n) is 1.27. The summed E-state index contributed by atoms with van der Waals surface area (Å²) in [5.41, 5.74) is 1.53. The number of hydrogen-bond acceptors (Lipinski definition) is 4. The van der Waals surface area contributed by atoms with Crippen molar-refractivity contribution in [2.24, 2.45) is 0 Å². The predicted octanol–water partition coefficient (Wildman–Crippen LogP) is -0.341. The molecule has 0 atom stereocenters. The van der Waals surface area contributed by atoms with Crippen LogP contribution >= 0.6 is 0 Å². The second kappa shape index (κ2) is 5.47. The molecular formula is C12H15N3O4. The van der Waals surface area contributed by atoms with Crippen LogP contribution in [0.5, 0.6) is 0 Å². The number of rotatable bonds is 0. The number of H-pyrrole nitrogens is 2. The number of carbonyl (C=O) groups is 2. The van der Waals surface area contributed by atoms with Gasteiger partial charge in [-0.15, -0.1) is 0 Å². The van der Waals surface area contributed by atoms with Crippen molar-refractivity contribution in [1.29, 1.82) is 0 Å². The number of imide groups is 1. The second-order valence-electron chi connectivity index (χ2n) is 4.19. The lowest BCUT2D eigenvalue weighted by Crippen LogP contribution is -2.23. The van der Waals surface area contributed by atoms with E-state index in [-0.39, 0.29) is 22.9 Å². The Hall–Kier alpha value is -2.44. The van der Waals surface area contributed by atoms with Crippen molar-refractivity contribution < 1.29 is 9.59 Å². The van der Waals surface area contributed by atoms with E-state index in [4.69, 9.17) is 0 Å². The Morgan fingerprint density at radius 3 is 1.16 bits per heavy atom. The van der Waals surface area contributed by atoms with Crippen LogP contribution in [0.15, 0.2) is 20.7 Å². The van der Waals surface area contributed by atoms with Gasteiger partial charge in [-0.1, -0.05) is 0 Å². The SMILES string of the molecule is CC1=C(C)C(=O)NC1=O.Cc1c(C)c(=O)[nH][nH]c1=O. The van der Waals surface area contributed by atoms with Gasteiger partial charge in [-0.05, 0) is 27.7 Å². The number of aromatic amines is 2. The molecule has 0 saturated heterocycles. The lowest BCUT2D eigenvalue weighted by Gasteiger charge is -1.92. The number of carbonyl (C=O) groups excluding carboxylic acids is 2. The van der Waals surface area contributed by atoms with Crippen LogP contribution in [0.1, 0.15) is 25.0 Å². The molecule has 0 aromatic carbocycles. The van der Waals surface area contributed by atoms with E-state index in [1.165, 1.54) is 0 Å². The van der Waals surface area contributed by atoms with Crippen molar-refractivity contribution in [2.45, 2.75) is 27.7 Å². The van der Waals surface area contributed by atoms with Gasteiger partial charge in [-0.3, -0.25) is 34.7 Å². The molecule has 3 N–H and O–H groups in total. The van der Waals surface area contributed by atoms with Crippen LogP contribution in [0.25, 0.3) is 0 Å². The Morgan fingerprint density at radius 1 is 0.632 bits per heavy atom. The molecule has 0 saturated carbocycles. The largest absolute Gasteiger partial charge is 0.289 e. The summed E-state index contributed by atoms with van der Waals surface area (Å²) in [5, 5.41) is 6.60. The molecule has 1 aliphatic rings. The van der Waals surface area contributed by atoms with Crippen LogP contribution in [0, 0.1) is 13.8 Å². The van der Waals surface area contributed by atoms with Crippen molar-refractivity contribution in [3.8, 4) is 0 Å². The standard InChI is InChI=1S/C6H8N2O2.C6H7NO2/c1-3-4(2)6(10)8-7-5(3)9;1-3-4(2)6(9)7-5(3)8/h1-2H3,(H,7,9)(H,8,10);1-2H3,(H,7,8,9). The highest BCUT2D eigenvalue weighted by molar-refractivity contribution is 6.18. The predicted molar refractivity (Wildman–Crippen MR) is 68.7 cm³/mol. The third-order valence-electron chi connectivity index (χ3n) is 3.00. The first-order chi connectivity index (χ1) is 8.75. The molecule has 19 heavy (non-hydrogen) atoms. The Bertz CT molecular complexity index is 622. The van der Waals surface area contributed by atoms with Gasteiger partial charge in [-0.2, -0.15) is 0 Å². The monoisotopic (exact) mass is 265 g/mol. The first-order valence-corrected chi connectivity index (χ1v) is 5.57. The van der Waals surface area contributed by atoms with Crippen molar-refractivity contribution in [3.63, 3.8) is 0 Å². The average molecular weight is 265 g/mol. The van der Waals surface area contributed by atoms with Gasteiger partial charge in [0.2, 0.25) is 0 Å². The van der Waals surface area contributed by atoms with E-state index in [1.807, 2.05) is 0 Å². The summed E-state index contributed by atoms with van der Waals surface area (Å²) >= 11 is 0. The Kier molecular flexibility index (Phi) is 4.21. The summed E-state index contributed by atoms with van der Waals surface area (Å²) in [6.45, 7) is 6.50. The number of amides is 2. The van der Waals surface area contributed by atoms with Crippen LogP contribution in [0.3, 0.4) is 0 Å². The topological polar surface area (TPSA) is 112 Å². The molecule has 2 rings (SSSR count). The van der Waals surface area contributed by atoms with E-state index >= 15 is 0 Å². The molecule has 7 heteroatoms. The minimum Gasteiger partial charge on any atom is -0.289 e. The maximum absolute atomic E-state index is 10.8. The zero-order valence-electron chi connectivity index (χ0n) is 11.1. The van der Waals surface area contributed by atoms with Gasteiger partial charge in [0, 0.05) is 22.3 Å². The van der Waals surface area contributed by atoms with Crippen LogP contribution < -0.4 is 16.4 Å². The fourth-order valence-corrected chi connectivity index (χ4v) is 1.27. The van der Waals surface area contributed by atoms with E-state index in [9.17, 15) is 19.2 Å². The number of nitrogens with one attached hydrogen (secondary N) is 3. The molecule has 0 fully saturated rings. The molecule has 0 bridgehead atoms. The third-order valence-corrected chi connectivity index (χ3v) is 3.00. The highest BCUT2D eigenvalue weighted by atomic mass is 16.2. The maximum Gasteiger partial charge on any atom is 0.265 e. The summed E-state index contributed by atoms with van der Waals surface area (Å²) in [6, 6.07) is 0. The summed E-state index contributed by atoms with van der Waals surface area (Å²) in [7, 11) is 0. The van der Waals surface area contributed by atoms with E-state index in [0.717, 1.165) is 0 Å². The molecule has 0 unspecified atom stereocenters. The normalized spacial score (nSPS) is 14.1. The van der Waals surface area contributed by atoms with Crippen LogP contribution in [-0.4, -0.2) is 22.0 Å². The van der Waals surface area contributed by atoms with E-state index in [2.05, 4.69) is 15.5 Å². The van der Waals surface area contributed by atoms with Crippen LogP contribution in [0.2, 0.25) is 0 Å². The first kappa shape index (κ1) is 14.6. The molecule has 0 radical (unpaired) electrons. The Balaban J connectivity index is 0.000000191. The lowest BCUT2D eigenvalue weighted by atomic mass is 10.2. The second-order valence-corrected chi connectivity index (χ2v) is 4.19. The molecule has 0 spiro atoms. The van der Waals surface area contributed by atoms with Crippen LogP contribution in [-0.2, 0) is 9.59 Å². The first-order valence-electron chi connectivity index (χ1n) is 5.57. The molecule has 2 heterocycles. The smallest absolute Gasteiger partial charge is 0.265 e. The van der Waals surface area contributed by atoms with Gasteiger partial charge in [0.05, 0.1) is 0 Å². The maximum atomic E-state index is 10.8. The van der Waals surface area contributed by atoms with Crippen molar-refractivity contribution in [1.82, 2.24) is 15.5 Å². The van der Waals surface area contributed by atoms with E-state index < -0.39 is 0 Å². The van der Waals surface area contributed by atoms with Crippen molar-refractivity contribution in [3.05, 3.63) is 43.0 Å². The third kappa shape index (κ3) is 3.06. The number of aromatic nitrogens is 2. The molecule has 102 valence electrons. The molecule has 1 aliphatic heterocycles. The van der Waals surface area contributed by atoms with Gasteiger partial charge in [0.1, 0.15) is 0 Å². The van der Waals surface area contributed by atoms with Crippen molar-refractivity contribution in [2.75, 3.05) is 0 Å². The molecule has 0 aliphatic carbocycles. The van der Waals surface area contributed by atoms with Gasteiger partial charge < -0.3 is 0 Å². The van der Waals surface area contributed by atoms with Gasteiger partial charge in [-0.25, -0.2) is 0 Å². The van der Waals surface area contributed by atoms with Gasteiger partial charge in [0.25, 0.3) is 22.9 Å². The minimum absolute atomic E-state index is 0.239. The summed E-state index contributed by atoms with van der Waals surface area (Å²) in [5.74, 6) is -0.532. The molecular weight excluding hydrogens is 250 g/mol. The molecule has 7 nitrogen and oxygen atoms in total. The lowest BCUT2D eigenvalue weighted by molar-refractivity contribution is -0.124. The molecule has 1 aromatic rings. The summed E-state index contributed by atoms with van der Waals surface area (Å²) < 4.78 is 0. The van der Waals surface area contributed by atoms with E-state index in [0.29, 0.717) is 22.3 Å². The zero-order valence-corrected chi connectivity index (χ0v) is 11.1. The quantitative estimate of drug-likeness (QED) is 0.557. The zero-order chi connectivity index (χ0) is 14.7. The van der Waals surface area contributed by atoms with Crippen LogP contribution in [0.4, 0.5) is 0 Å². The highest BCUT2D eigenvalue weighted by Gasteiger charge is 2.22. The van der Waals surface area contributed by atoms with Gasteiger partial charge >= 0.3 is 0 Å².